The first-order valence-electron chi connectivity index (χ1n) is 6.46. The van der Waals surface area contributed by atoms with Crippen LogP contribution in [0, 0.1) is 5.92 Å². The molecule has 3 nitrogen and oxygen atoms in total. The van der Waals surface area contributed by atoms with Crippen LogP contribution in [-0.4, -0.2) is 19.0 Å². The predicted molar refractivity (Wildman–Crippen MR) is 83.4 cm³/mol. The summed E-state index contributed by atoms with van der Waals surface area (Å²) in [6.45, 7) is 2.77. The molecule has 1 saturated heterocycles. The standard InChI is InChI=1S/C14H19BrN2O.ClH/c15-13-4-2-1-3-12(13)10-17-14(18)6-5-11-7-8-16-9-11;/h1-4,11,16H,5-10H2,(H,17,18);1H. The van der Waals surface area contributed by atoms with Gasteiger partial charge in [-0.25, -0.2) is 0 Å². The van der Waals surface area contributed by atoms with Gasteiger partial charge in [0, 0.05) is 17.4 Å². The van der Waals surface area contributed by atoms with Crippen molar-refractivity contribution in [3.05, 3.63) is 34.3 Å². The lowest BCUT2D eigenvalue weighted by Gasteiger charge is -2.09. The summed E-state index contributed by atoms with van der Waals surface area (Å²) in [5, 5.41) is 6.30. The molecule has 1 fully saturated rings. The van der Waals surface area contributed by atoms with Gasteiger partial charge in [0.05, 0.1) is 0 Å². The van der Waals surface area contributed by atoms with Gasteiger partial charge >= 0.3 is 0 Å². The molecule has 1 heterocycles. The molecule has 0 bridgehead atoms. The summed E-state index contributed by atoms with van der Waals surface area (Å²) >= 11 is 3.48. The number of nitrogens with one attached hydrogen (secondary N) is 2. The molecule has 2 rings (SSSR count). The van der Waals surface area contributed by atoms with Crippen LogP contribution in [-0.2, 0) is 11.3 Å². The second kappa shape index (κ2) is 8.56. The molecule has 1 aromatic rings. The van der Waals surface area contributed by atoms with Crippen molar-refractivity contribution in [2.45, 2.75) is 25.8 Å². The van der Waals surface area contributed by atoms with Gasteiger partial charge in [0.2, 0.25) is 5.91 Å². The number of rotatable bonds is 5. The number of hydrogen-bond acceptors (Lipinski definition) is 2. The first-order chi connectivity index (χ1) is 8.75. The summed E-state index contributed by atoms with van der Waals surface area (Å²) in [6.07, 6.45) is 2.84. The maximum absolute atomic E-state index is 11.7. The van der Waals surface area contributed by atoms with Crippen molar-refractivity contribution in [3.8, 4) is 0 Å². The molecular formula is C14H20BrClN2O. The minimum Gasteiger partial charge on any atom is -0.352 e. The van der Waals surface area contributed by atoms with Crippen LogP contribution in [0.25, 0.3) is 0 Å². The van der Waals surface area contributed by atoms with Gasteiger partial charge in [-0.05, 0) is 43.5 Å². The largest absolute Gasteiger partial charge is 0.352 e. The van der Waals surface area contributed by atoms with Crippen LogP contribution in [0.4, 0.5) is 0 Å². The smallest absolute Gasteiger partial charge is 0.220 e. The van der Waals surface area contributed by atoms with Crippen LogP contribution in [0.5, 0.6) is 0 Å². The summed E-state index contributed by atoms with van der Waals surface area (Å²) in [5.41, 5.74) is 1.12. The third-order valence-electron chi connectivity index (χ3n) is 3.38. The molecule has 0 saturated carbocycles. The fourth-order valence-corrected chi connectivity index (χ4v) is 2.64. The van der Waals surface area contributed by atoms with Crippen molar-refractivity contribution >= 4 is 34.2 Å². The highest BCUT2D eigenvalue weighted by atomic mass is 79.9. The van der Waals surface area contributed by atoms with E-state index in [2.05, 4.69) is 26.6 Å². The highest BCUT2D eigenvalue weighted by Gasteiger charge is 2.15. The van der Waals surface area contributed by atoms with Gasteiger partial charge in [-0.2, -0.15) is 0 Å². The molecule has 1 aliphatic rings. The fraction of sp³-hybridized carbons (Fsp3) is 0.500. The average Bonchev–Trinajstić information content (AvgIpc) is 2.88. The van der Waals surface area contributed by atoms with Crippen molar-refractivity contribution in [2.75, 3.05) is 13.1 Å². The maximum Gasteiger partial charge on any atom is 0.220 e. The zero-order valence-corrected chi connectivity index (χ0v) is 13.2. The minimum atomic E-state index is 0. The lowest BCUT2D eigenvalue weighted by atomic mass is 10.0. The predicted octanol–water partition coefficient (Wildman–Crippen LogP) is 2.88. The lowest BCUT2D eigenvalue weighted by Crippen LogP contribution is -2.23. The van der Waals surface area contributed by atoms with E-state index in [1.165, 1.54) is 6.42 Å². The van der Waals surface area contributed by atoms with Crippen molar-refractivity contribution < 1.29 is 4.79 Å². The molecule has 1 unspecified atom stereocenters. The Hall–Kier alpha value is -0.580. The van der Waals surface area contributed by atoms with Crippen molar-refractivity contribution in [3.63, 3.8) is 0 Å². The Kier molecular flexibility index (Phi) is 7.42. The van der Waals surface area contributed by atoms with Crippen LogP contribution in [0.15, 0.2) is 28.7 Å². The zero-order valence-electron chi connectivity index (χ0n) is 10.8. The van der Waals surface area contributed by atoms with Gasteiger partial charge in [0.25, 0.3) is 0 Å². The second-order valence-electron chi connectivity index (χ2n) is 4.77. The first-order valence-corrected chi connectivity index (χ1v) is 7.26. The van der Waals surface area contributed by atoms with Crippen LogP contribution in [0.2, 0.25) is 0 Å². The average molecular weight is 348 g/mol. The molecule has 1 aromatic carbocycles. The Morgan fingerprint density at radius 3 is 2.89 bits per heavy atom. The van der Waals surface area contributed by atoms with E-state index in [1.54, 1.807) is 0 Å². The SMILES string of the molecule is Cl.O=C(CCC1CCNC1)NCc1ccccc1Br. The molecule has 0 aliphatic carbocycles. The lowest BCUT2D eigenvalue weighted by molar-refractivity contribution is -0.121. The Labute approximate surface area is 129 Å². The van der Waals surface area contributed by atoms with E-state index in [0.29, 0.717) is 18.9 Å². The number of carbonyl (C=O) groups excluding carboxylic acids is 1. The first kappa shape index (κ1) is 16.5. The van der Waals surface area contributed by atoms with Crippen LogP contribution in [0.3, 0.4) is 0 Å². The van der Waals surface area contributed by atoms with Gasteiger partial charge in [-0.15, -0.1) is 12.4 Å². The van der Waals surface area contributed by atoms with Gasteiger partial charge in [0.15, 0.2) is 0 Å². The monoisotopic (exact) mass is 346 g/mol. The van der Waals surface area contributed by atoms with Crippen molar-refractivity contribution in [1.29, 1.82) is 0 Å². The molecule has 1 amide bonds. The Balaban J connectivity index is 0.00000180. The molecule has 19 heavy (non-hydrogen) atoms. The molecule has 2 N–H and O–H groups in total. The summed E-state index contributed by atoms with van der Waals surface area (Å²) < 4.78 is 1.05. The fourth-order valence-electron chi connectivity index (χ4n) is 2.22. The number of halogens is 2. The molecule has 106 valence electrons. The quantitative estimate of drug-likeness (QED) is 0.860. The van der Waals surface area contributed by atoms with Crippen LogP contribution >= 0.6 is 28.3 Å². The van der Waals surface area contributed by atoms with E-state index in [1.807, 2.05) is 24.3 Å². The van der Waals surface area contributed by atoms with Crippen LogP contribution < -0.4 is 10.6 Å². The Bertz CT molecular complexity index is 408. The highest BCUT2D eigenvalue weighted by molar-refractivity contribution is 9.10. The van der Waals surface area contributed by atoms with E-state index >= 15 is 0 Å². The number of carbonyl (C=O) groups is 1. The molecule has 0 aromatic heterocycles. The highest BCUT2D eigenvalue weighted by Crippen LogP contribution is 2.16. The molecule has 0 radical (unpaired) electrons. The Morgan fingerprint density at radius 1 is 1.42 bits per heavy atom. The molecule has 5 heteroatoms. The summed E-state index contributed by atoms with van der Waals surface area (Å²) in [6, 6.07) is 7.97. The molecule has 0 spiro atoms. The summed E-state index contributed by atoms with van der Waals surface area (Å²) in [5.74, 6) is 0.830. The second-order valence-corrected chi connectivity index (χ2v) is 5.62. The number of amides is 1. The third kappa shape index (κ3) is 5.51. The molecular weight excluding hydrogens is 328 g/mol. The molecule has 1 atom stereocenters. The summed E-state index contributed by atoms with van der Waals surface area (Å²) in [7, 11) is 0. The third-order valence-corrected chi connectivity index (χ3v) is 4.15. The Morgan fingerprint density at radius 2 is 2.21 bits per heavy atom. The van der Waals surface area contributed by atoms with E-state index in [-0.39, 0.29) is 18.3 Å². The van der Waals surface area contributed by atoms with E-state index in [9.17, 15) is 4.79 Å². The van der Waals surface area contributed by atoms with Gasteiger partial charge in [-0.1, -0.05) is 34.1 Å². The van der Waals surface area contributed by atoms with E-state index in [0.717, 1.165) is 29.5 Å². The minimum absolute atomic E-state index is 0. The van der Waals surface area contributed by atoms with E-state index in [4.69, 9.17) is 0 Å². The van der Waals surface area contributed by atoms with E-state index < -0.39 is 0 Å². The number of hydrogen-bond donors (Lipinski definition) is 2. The normalized spacial score (nSPS) is 17.8. The maximum atomic E-state index is 11.7. The zero-order chi connectivity index (χ0) is 12.8. The number of benzene rings is 1. The van der Waals surface area contributed by atoms with Crippen LogP contribution in [0.1, 0.15) is 24.8 Å². The van der Waals surface area contributed by atoms with Crippen molar-refractivity contribution in [1.82, 2.24) is 10.6 Å². The topological polar surface area (TPSA) is 41.1 Å². The van der Waals surface area contributed by atoms with Crippen molar-refractivity contribution in [2.24, 2.45) is 5.92 Å². The summed E-state index contributed by atoms with van der Waals surface area (Å²) in [4.78, 5) is 11.7. The van der Waals surface area contributed by atoms with Gasteiger partial charge in [-0.3, -0.25) is 4.79 Å². The van der Waals surface area contributed by atoms with Gasteiger partial charge < -0.3 is 10.6 Å². The molecule has 1 aliphatic heterocycles. The van der Waals surface area contributed by atoms with Gasteiger partial charge in [0.1, 0.15) is 0 Å².